The van der Waals surface area contributed by atoms with E-state index in [2.05, 4.69) is 61.8 Å². The minimum absolute atomic E-state index is 0. The molecule has 0 aliphatic carbocycles. The first-order valence-electron chi connectivity index (χ1n) is 6.88. The van der Waals surface area contributed by atoms with E-state index >= 15 is 0 Å². The zero-order valence-electron chi connectivity index (χ0n) is 12.6. The Morgan fingerprint density at radius 1 is 1.22 bits per heavy atom. The molecule has 0 unspecified atom stereocenters. The minimum Gasteiger partial charge on any atom is -0.379 e. The second kappa shape index (κ2) is 13.3. The number of aryl methyl sites for hydroxylation is 1. The molecule has 3 N–H and O–H groups in total. The molecule has 0 bridgehead atoms. The number of aliphatic imine (C=N–C) groups is 1. The molecule has 0 atom stereocenters. The third-order valence-corrected chi connectivity index (χ3v) is 4.61. The van der Waals surface area contributed by atoms with E-state index in [1.165, 1.54) is 14.8 Å². The van der Waals surface area contributed by atoms with Gasteiger partial charge in [0, 0.05) is 27.8 Å². The van der Waals surface area contributed by atoms with Gasteiger partial charge in [0.15, 0.2) is 5.17 Å². The Labute approximate surface area is 176 Å². The van der Waals surface area contributed by atoms with Crippen LogP contribution in [0.3, 0.4) is 0 Å². The quantitative estimate of drug-likeness (QED) is 0.223. The highest BCUT2D eigenvalue weighted by atomic mass is 127. The van der Waals surface area contributed by atoms with E-state index in [1.807, 2.05) is 6.20 Å². The van der Waals surface area contributed by atoms with Crippen molar-refractivity contribution in [3.8, 4) is 0 Å². The molecule has 0 radical (unpaired) electrons. The number of hydrogen-bond acceptors (Lipinski definition) is 3. The summed E-state index contributed by atoms with van der Waals surface area (Å²) in [4.78, 5) is 11.5. The van der Waals surface area contributed by atoms with E-state index in [-0.39, 0.29) is 34.0 Å². The van der Waals surface area contributed by atoms with Gasteiger partial charge in [0.1, 0.15) is 0 Å². The number of aromatic amines is 1. The molecule has 0 aliphatic rings. The number of amidine groups is 1. The molecule has 8 heteroatoms. The van der Waals surface area contributed by atoms with Crippen molar-refractivity contribution in [2.45, 2.75) is 19.3 Å². The Morgan fingerprint density at radius 2 is 1.96 bits per heavy atom. The van der Waals surface area contributed by atoms with Crippen molar-refractivity contribution in [2.75, 3.05) is 12.3 Å². The molecule has 0 saturated carbocycles. The third kappa shape index (κ3) is 9.73. The smallest absolute Gasteiger partial charge is 0.153 e. The molecule has 0 aliphatic heterocycles. The van der Waals surface area contributed by atoms with Crippen molar-refractivity contribution >= 4 is 73.5 Å². The van der Waals surface area contributed by atoms with Gasteiger partial charge in [-0.2, -0.15) is 0 Å². The second-order valence-electron chi connectivity index (χ2n) is 4.63. The maximum Gasteiger partial charge on any atom is 0.153 e. The van der Waals surface area contributed by atoms with Crippen LogP contribution < -0.4 is 5.73 Å². The number of aromatic nitrogens is 2. The molecule has 128 valence electrons. The summed E-state index contributed by atoms with van der Waals surface area (Å²) in [6.45, 7) is 0.750. The van der Waals surface area contributed by atoms with Crippen LogP contribution >= 0.6 is 68.3 Å². The summed E-state index contributed by atoms with van der Waals surface area (Å²) in [6.07, 6.45) is 6.58. The van der Waals surface area contributed by atoms with Gasteiger partial charge in [-0.25, -0.2) is 4.98 Å². The minimum atomic E-state index is 0. The SMILES string of the molecule is Br.Br.NC(=NCCc1ccc(I)cc1)SCCCc1cnc[nH]1. The van der Waals surface area contributed by atoms with Gasteiger partial charge in [-0.15, -0.1) is 34.0 Å². The van der Waals surface area contributed by atoms with Crippen molar-refractivity contribution in [3.05, 3.63) is 51.6 Å². The number of nitrogens with one attached hydrogen (secondary N) is 1. The predicted molar refractivity (Wildman–Crippen MR) is 119 cm³/mol. The van der Waals surface area contributed by atoms with E-state index in [1.54, 1.807) is 18.1 Å². The summed E-state index contributed by atoms with van der Waals surface area (Å²) in [5.74, 6) is 0.984. The number of hydrogen-bond donors (Lipinski definition) is 2. The normalized spacial score (nSPS) is 10.7. The lowest BCUT2D eigenvalue weighted by atomic mass is 10.2. The van der Waals surface area contributed by atoms with E-state index in [4.69, 9.17) is 5.73 Å². The van der Waals surface area contributed by atoms with Crippen LogP contribution in [0.4, 0.5) is 0 Å². The van der Waals surface area contributed by atoms with Gasteiger partial charge >= 0.3 is 0 Å². The fourth-order valence-corrected chi connectivity index (χ4v) is 2.89. The molecular formula is C15H21Br2IN4S. The molecule has 0 amide bonds. The third-order valence-electron chi connectivity index (χ3n) is 2.98. The standard InChI is InChI=1S/C15H19IN4S.2BrH/c16-13-5-3-12(4-6-13)7-8-19-15(17)21-9-1-2-14-10-18-11-20-14;;/h3-6,10-11H,1-2,7-9H2,(H2,17,19)(H,18,20);2*1H. The first-order valence-corrected chi connectivity index (χ1v) is 8.95. The van der Waals surface area contributed by atoms with Crippen LogP contribution in [0.5, 0.6) is 0 Å². The van der Waals surface area contributed by atoms with Gasteiger partial charge in [-0.05, 0) is 59.5 Å². The average Bonchev–Trinajstić information content (AvgIpc) is 2.99. The number of nitrogens with two attached hydrogens (primary N) is 1. The first kappa shape index (κ1) is 22.9. The van der Waals surface area contributed by atoms with Crippen LogP contribution in [0.25, 0.3) is 0 Å². The van der Waals surface area contributed by atoms with Crippen LogP contribution in [-0.4, -0.2) is 27.4 Å². The fraction of sp³-hybridized carbons (Fsp3) is 0.333. The van der Waals surface area contributed by atoms with Crippen LogP contribution in [0, 0.1) is 3.57 Å². The van der Waals surface area contributed by atoms with Gasteiger partial charge in [0.2, 0.25) is 0 Å². The van der Waals surface area contributed by atoms with Crippen molar-refractivity contribution in [2.24, 2.45) is 10.7 Å². The second-order valence-corrected chi connectivity index (χ2v) is 6.99. The number of rotatable bonds is 7. The number of halogens is 3. The molecule has 1 heterocycles. The topological polar surface area (TPSA) is 67.1 Å². The predicted octanol–water partition coefficient (Wildman–Crippen LogP) is 4.39. The lowest BCUT2D eigenvalue weighted by Gasteiger charge is -2.02. The number of benzene rings is 1. The molecule has 1 aromatic heterocycles. The molecule has 0 saturated heterocycles. The van der Waals surface area contributed by atoms with Crippen LogP contribution in [0.2, 0.25) is 0 Å². The zero-order valence-corrected chi connectivity index (χ0v) is 19.0. The summed E-state index contributed by atoms with van der Waals surface area (Å²) >= 11 is 3.94. The summed E-state index contributed by atoms with van der Waals surface area (Å²) < 4.78 is 1.26. The van der Waals surface area contributed by atoms with Gasteiger partial charge in [0.05, 0.1) is 6.33 Å². The molecule has 1 aromatic carbocycles. The van der Waals surface area contributed by atoms with Gasteiger partial charge < -0.3 is 10.7 Å². The Kier molecular flexibility index (Phi) is 13.2. The van der Waals surface area contributed by atoms with Gasteiger partial charge in [-0.1, -0.05) is 23.9 Å². The van der Waals surface area contributed by atoms with Crippen LogP contribution in [0.15, 0.2) is 41.8 Å². The van der Waals surface area contributed by atoms with E-state index in [9.17, 15) is 0 Å². The Morgan fingerprint density at radius 3 is 2.61 bits per heavy atom. The highest BCUT2D eigenvalue weighted by Gasteiger charge is 1.98. The summed E-state index contributed by atoms with van der Waals surface area (Å²) in [6, 6.07) is 8.52. The van der Waals surface area contributed by atoms with E-state index in [0.29, 0.717) is 5.17 Å². The molecule has 0 fully saturated rings. The summed E-state index contributed by atoms with van der Waals surface area (Å²) in [5, 5.41) is 0.685. The van der Waals surface area contributed by atoms with E-state index in [0.717, 1.165) is 31.6 Å². The zero-order chi connectivity index (χ0) is 14.9. The average molecular weight is 576 g/mol. The maximum absolute atomic E-state index is 5.91. The molecule has 2 aromatic rings. The highest BCUT2D eigenvalue weighted by Crippen LogP contribution is 2.09. The number of nitrogens with zero attached hydrogens (tertiary/aromatic N) is 2. The summed E-state index contributed by atoms with van der Waals surface area (Å²) in [5.41, 5.74) is 8.39. The fourth-order valence-electron chi connectivity index (χ4n) is 1.85. The van der Waals surface area contributed by atoms with E-state index < -0.39 is 0 Å². The van der Waals surface area contributed by atoms with Gasteiger partial charge in [-0.3, -0.25) is 4.99 Å². The number of thioether (sulfide) groups is 1. The Bertz CT molecular complexity index is 561. The first-order chi connectivity index (χ1) is 10.2. The highest BCUT2D eigenvalue weighted by molar-refractivity contribution is 14.1. The van der Waals surface area contributed by atoms with Crippen LogP contribution in [0.1, 0.15) is 17.7 Å². The van der Waals surface area contributed by atoms with Crippen molar-refractivity contribution in [3.63, 3.8) is 0 Å². The van der Waals surface area contributed by atoms with Crippen molar-refractivity contribution in [1.29, 1.82) is 0 Å². The lowest BCUT2D eigenvalue weighted by molar-refractivity contribution is 0.903. The van der Waals surface area contributed by atoms with Crippen molar-refractivity contribution < 1.29 is 0 Å². The van der Waals surface area contributed by atoms with Crippen molar-refractivity contribution in [1.82, 2.24) is 9.97 Å². The van der Waals surface area contributed by atoms with Crippen LogP contribution in [-0.2, 0) is 12.8 Å². The molecule has 0 spiro atoms. The molecular weight excluding hydrogens is 555 g/mol. The Balaban J connectivity index is 0.00000242. The largest absolute Gasteiger partial charge is 0.379 e. The maximum atomic E-state index is 5.91. The molecule has 4 nitrogen and oxygen atoms in total. The number of H-pyrrole nitrogens is 1. The molecule has 2 rings (SSSR count). The lowest BCUT2D eigenvalue weighted by Crippen LogP contribution is -2.09. The summed E-state index contributed by atoms with van der Waals surface area (Å²) in [7, 11) is 0. The number of imidazole rings is 1. The molecule has 23 heavy (non-hydrogen) atoms. The van der Waals surface area contributed by atoms with Gasteiger partial charge in [0.25, 0.3) is 0 Å². The monoisotopic (exact) mass is 574 g/mol. The Hall–Kier alpha value is -0.0600.